The highest BCUT2D eigenvalue weighted by molar-refractivity contribution is 4.81. The maximum absolute atomic E-state index is 5.55. The van der Waals surface area contributed by atoms with Gasteiger partial charge in [-0.15, -0.1) is 0 Å². The second-order valence-electron chi connectivity index (χ2n) is 4.89. The molecule has 14 heavy (non-hydrogen) atoms. The second-order valence-corrected chi connectivity index (χ2v) is 4.89. The Hall–Kier alpha value is -0.0800. The molecule has 0 aromatic rings. The summed E-state index contributed by atoms with van der Waals surface area (Å²) in [6.45, 7) is 2.46. The lowest BCUT2D eigenvalue weighted by Gasteiger charge is -2.27. The number of nitrogens with one attached hydrogen (secondary N) is 1. The standard InChI is InChI=1S/C12H23NO/c1-14-12-4-2-3-11(12)9-10-5-7-13-8-6-10/h10-13H,2-9H2,1H3. The zero-order valence-corrected chi connectivity index (χ0v) is 9.30. The van der Waals surface area contributed by atoms with E-state index in [1.807, 2.05) is 7.11 Å². The van der Waals surface area contributed by atoms with Gasteiger partial charge in [-0.1, -0.05) is 6.42 Å². The van der Waals surface area contributed by atoms with Crippen molar-refractivity contribution < 1.29 is 4.74 Å². The molecule has 2 heteroatoms. The minimum absolute atomic E-state index is 0.574. The van der Waals surface area contributed by atoms with Crippen molar-refractivity contribution in [2.75, 3.05) is 20.2 Å². The van der Waals surface area contributed by atoms with Gasteiger partial charge in [-0.25, -0.2) is 0 Å². The summed E-state index contributed by atoms with van der Waals surface area (Å²) in [5.41, 5.74) is 0. The van der Waals surface area contributed by atoms with Crippen LogP contribution in [0.4, 0.5) is 0 Å². The molecular formula is C12H23NO. The number of hydrogen-bond acceptors (Lipinski definition) is 2. The molecule has 1 heterocycles. The molecule has 1 aliphatic heterocycles. The number of rotatable bonds is 3. The van der Waals surface area contributed by atoms with Gasteiger partial charge < -0.3 is 10.1 Å². The van der Waals surface area contributed by atoms with Crippen LogP contribution in [0.1, 0.15) is 38.5 Å². The van der Waals surface area contributed by atoms with Crippen LogP contribution in [0.2, 0.25) is 0 Å². The largest absolute Gasteiger partial charge is 0.381 e. The summed E-state index contributed by atoms with van der Waals surface area (Å²) in [5, 5.41) is 3.43. The third-order valence-corrected chi connectivity index (χ3v) is 3.99. The zero-order chi connectivity index (χ0) is 9.80. The highest BCUT2D eigenvalue weighted by Crippen LogP contribution is 2.34. The second kappa shape index (κ2) is 5.13. The fourth-order valence-corrected chi connectivity index (χ4v) is 3.13. The fraction of sp³-hybridized carbons (Fsp3) is 1.00. The maximum Gasteiger partial charge on any atom is 0.0599 e. The Morgan fingerprint density at radius 3 is 2.64 bits per heavy atom. The van der Waals surface area contributed by atoms with Gasteiger partial charge in [-0.05, 0) is 57.0 Å². The molecule has 2 nitrogen and oxygen atoms in total. The maximum atomic E-state index is 5.55. The van der Waals surface area contributed by atoms with Gasteiger partial charge >= 0.3 is 0 Å². The van der Waals surface area contributed by atoms with Gasteiger partial charge in [-0.2, -0.15) is 0 Å². The molecule has 2 fully saturated rings. The summed E-state index contributed by atoms with van der Waals surface area (Å²) in [7, 11) is 1.88. The van der Waals surface area contributed by atoms with E-state index in [1.165, 1.54) is 51.6 Å². The first-order chi connectivity index (χ1) is 6.90. The first kappa shape index (κ1) is 10.4. The summed E-state index contributed by atoms with van der Waals surface area (Å²) in [4.78, 5) is 0. The van der Waals surface area contributed by atoms with Crippen molar-refractivity contribution in [3.8, 4) is 0 Å². The van der Waals surface area contributed by atoms with Crippen LogP contribution in [0.15, 0.2) is 0 Å². The molecule has 0 spiro atoms. The Labute approximate surface area is 87.4 Å². The van der Waals surface area contributed by atoms with E-state index >= 15 is 0 Å². The molecule has 0 aromatic carbocycles. The molecule has 1 saturated carbocycles. The minimum atomic E-state index is 0.574. The molecule has 1 saturated heterocycles. The third kappa shape index (κ3) is 2.48. The minimum Gasteiger partial charge on any atom is -0.381 e. The van der Waals surface area contributed by atoms with Crippen molar-refractivity contribution in [2.24, 2.45) is 11.8 Å². The normalized spacial score (nSPS) is 34.9. The summed E-state index contributed by atoms with van der Waals surface area (Å²) in [6, 6.07) is 0. The van der Waals surface area contributed by atoms with Gasteiger partial charge in [0.15, 0.2) is 0 Å². The van der Waals surface area contributed by atoms with Crippen LogP contribution >= 0.6 is 0 Å². The first-order valence-corrected chi connectivity index (χ1v) is 6.13. The molecule has 82 valence electrons. The number of ether oxygens (including phenoxy) is 1. The van der Waals surface area contributed by atoms with E-state index in [9.17, 15) is 0 Å². The molecule has 2 rings (SSSR count). The van der Waals surface area contributed by atoms with E-state index in [0.29, 0.717) is 6.10 Å². The van der Waals surface area contributed by atoms with Crippen molar-refractivity contribution in [1.29, 1.82) is 0 Å². The van der Waals surface area contributed by atoms with Crippen LogP contribution in [0.25, 0.3) is 0 Å². The smallest absolute Gasteiger partial charge is 0.0599 e. The summed E-state index contributed by atoms with van der Waals surface area (Å²) in [6.07, 6.45) is 8.84. The molecule has 1 N–H and O–H groups in total. The predicted octanol–water partition coefficient (Wildman–Crippen LogP) is 2.19. The zero-order valence-electron chi connectivity index (χ0n) is 9.30. The molecule has 0 aromatic heterocycles. The Morgan fingerprint density at radius 2 is 1.93 bits per heavy atom. The van der Waals surface area contributed by atoms with Gasteiger partial charge in [0.1, 0.15) is 0 Å². The van der Waals surface area contributed by atoms with Crippen LogP contribution in [-0.4, -0.2) is 26.3 Å². The average Bonchev–Trinajstić information content (AvgIpc) is 2.67. The van der Waals surface area contributed by atoms with E-state index in [2.05, 4.69) is 5.32 Å². The molecule has 0 radical (unpaired) electrons. The van der Waals surface area contributed by atoms with Crippen molar-refractivity contribution in [1.82, 2.24) is 5.32 Å². The van der Waals surface area contributed by atoms with Crippen LogP contribution in [0.5, 0.6) is 0 Å². The van der Waals surface area contributed by atoms with E-state index < -0.39 is 0 Å². The van der Waals surface area contributed by atoms with Crippen LogP contribution < -0.4 is 5.32 Å². The lowest BCUT2D eigenvalue weighted by molar-refractivity contribution is 0.0592. The summed E-state index contributed by atoms with van der Waals surface area (Å²) >= 11 is 0. The van der Waals surface area contributed by atoms with E-state index in [-0.39, 0.29) is 0 Å². The third-order valence-electron chi connectivity index (χ3n) is 3.99. The Kier molecular flexibility index (Phi) is 3.82. The van der Waals surface area contributed by atoms with Gasteiger partial charge in [0, 0.05) is 7.11 Å². The molecule has 0 amide bonds. The van der Waals surface area contributed by atoms with Gasteiger partial charge in [0.2, 0.25) is 0 Å². The fourth-order valence-electron chi connectivity index (χ4n) is 3.13. The topological polar surface area (TPSA) is 21.3 Å². The summed E-state index contributed by atoms with van der Waals surface area (Å²) in [5.74, 6) is 1.83. The molecule has 1 aliphatic carbocycles. The molecule has 2 aliphatic rings. The number of hydrogen-bond donors (Lipinski definition) is 1. The first-order valence-electron chi connectivity index (χ1n) is 6.13. The monoisotopic (exact) mass is 197 g/mol. The number of piperidine rings is 1. The predicted molar refractivity (Wildman–Crippen MR) is 58.3 cm³/mol. The SMILES string of the molecule is COC1CCCC1CC1CCNCC1. The van der Waals surface area contributed by atoms with E-state index in [4.69, 9.17) is 4.74 Å². The van der Waals surface area contributed by atoms with Gasteiger partial charge in [0.25, 0.3) is 0 Å². The molecular weight excluding hydrogens is 174 g/mol. The van der Waals surface area contributed by atoms with Gasteiger partial charge in [0.05, 0.1) is 6.10 Å². The quantitative estimate of drug-likeness (QED) is 0.749. The van der Waals surface area contributed by atoms with Crippen molar-refractivity contribution >= 4 is 0 Å². The lowest BCUT2D eigenvalue weighted by Crippen LogP contribution is -2.30. The molecule has 0 bridgehead atoms. The van der Waals surface area contributed by atoms with Gasteiger partial charge in [-0.3, -0.25) is 0 Å². The highest BCUT2D eigenvalue weighted by atomic mass is 16.5. The van der Waals surface area contributed by atoms with Crippen molar-refractivity contribution in [3.63, 3.8) is 0 Å². The average molecular weight is 197 g/mol. The Bertz CT molecular complexity index is 166. The Morgan fingerprint density at radius 1 is 1.14 bits per heavy atom. The summed E-state index contributed by atoms with van der Waals surface area (Å²) < 4.78 is 5.55. The van der Waals surface area contributed by atoms with E-state index in [1.54, 1.807) is 0 Å². The molecule has 2 unspecified atom stereocenters. The van der Waals surface area contributed by atoms with Crippen LogP contribution in [-0.2, 0) is 4.74 Å². The highest BCUT2D eigenvalue weighted by Gasteiger charge is 2.29. The van der Waals surface area contributed by atoms with E-state index in [0.717, 1.165) is 11.8 Å². The van der Waals surface area contributed by atoms with Crippen molar-refractivity contribution in [2.45, 2.75) is 44.6 Å². The number of methoxy groups -OCH3 is 1. The molecule has 2 atom stereocenters. The van der Waals surface area contributed by atoms with Crippen LogP contribution in [0, 0.1) is 11.8 Å². The Balaban J connectivity index is 1.77. The lowest BCUT2D eigenvalue weighted by atomic mass is 9.86. The van der Waals surface area contributed by atoms with Crippen molar-refractivity contribution in [3.05, 3.63) is 0 Å². The van der Waals surface area contributed by atoms with Crippen LogP contribution in [0.3, 0.4) is 0 Å².